The van der Waals surface area contributed by atoms with Crippen molar-refractivity contribution < 1.29 is 9.84 Å². The summed E-state index contributed by atoms with van der Waals surface area (Å²) >= 11 is 6.02. The molecule has 1 atom stereocenters. The third-order valence-corrected chi connectivity index (χ3v) is 2.80. The Morgan fingerprint density at radius 1 is 1.36 bits per heavy atom. The van der Waals surface area contributed by atoms with E-state index in [4.69, 9.17) is 16.3 Å². The first kappa shape index (κ1) is 11.3. The number of aliphatic hydroxyl groups excluding tert-OH is 1. The number of hydrogen-bond donors (Lipinski definition) is 1. The lowest BCUT2D eigenvalue weighted by molar-refractivity contribution is 0.198. The maximum atomic E-state index is 9.53. The van der Waals surface area contributed by atoms with Gasteiger partial charge in [0.2, 0.25) is 0 Å². The van der Waals surface area contributed by atoms with Gasteiger partial charge >= 0.3 is 0 Å². The van der Waals surface area contributed by atoms with Gasteiger partial charge in [-0.2, -0.15) is 0 Å². The monoisotopic (exact) mass is 214 g/mol. The van der Waals surface area contributed by atoms with Crippen molar-refractivity contribution in [2.45, 2.75) is 26.9 Å². The van der Waals surface area contributed by atoms with Gasteiger partial charge in [0.15, 0.2) is 0 Å². The standard InChI is InChI=1S/C11H15ClO2/c1-6-9(8(3)13)5-10(12)7(2)11(6)14-4/h5,8,13H,1-4H3. The van der Waals surface area contributed by atoms with Crippen molar-refractivity contribution in [1.82, 2.24) is 0 Å². The molecule has 0 radical (unpaired) electrons. The van der Waals surface area contributed by atoms with Crippen molar-refractivity contribution in [2.24, 2.45) is 0 Å². The van der Waals surface area contributed by atoms with E-state index in [2.05, 4.69) is 0 Å². The molecule has 1 aromatic rings. The van der Waals surface area contributed by atoms with E-state index in [0.717, 1.165) is 22.4 Å². The largest absolute Gasteiger partial charge is 0.496 e. The molecule has 0 aliphatic rings. The van der Waals surface area contributed by atoms with Crippen LogP contribution in [0.15, 0.2) is 6.07 Å². The van der Waals surface area contributed by atoms with Crippen molar-refractivity contribution in [2.75, 3.05) is 7.11 Å². The summed E-state index contributed by atoms with van der Waals surface area (Å²) in [4.78, 5) is 0. The van der Waals surface area contributed by atoms with Gasteiger partial charge in [0.25, 0.3) is 0 Å². The van der Waals surface area contributed by atoms with Crippen LogP contribution in [-0.4, -0.2) is 12.2 Å². The Morgan fingerprint density at radius 2 is 1.93 bits per heavy atom. The Kier molecular flexibility index (Phi) is 3.40. The van der Waals surface area contributed by atoms with Gasteiger partial charge in [0.1, 0.15) is 5.75 Å². The summed E-state index contributed by atoms with van der Waals surface area (Å²) in [6.45, 7) is 5.54. The molecule has 14 heavy (non-hydrogen) atoms. The van der Waals surface area contributed by atoms with Gasteiger partial charge < -0.3 is 9.84 Å². The van der Waals surface area contributed by atoms with E-state index in [-0.39, 0.29) is 0 Å². The van der Waals surface area contributed by atoms with Crippen molar-refractivity contribution in [1.29, 1.82) is 0 Å². The molecule has 0 aliphatic heterocycles. The maximum absolute atomic E-state index is 9.53. The highest BCUT2D eigenvalue weighted by Crippen LogP contribution is 2.34. The van der Waals surface area contributed by atoms with Crippen LogP contribution in [0.3, 0.4) is 0 Å². The molecule has 1 aromatic carbocycles. The second-order valence-electron chi connectivity index (χ2n) is 3.41. The maximum Gasteiger partial charge on any atom is 0.126 e. The molecule has 0 amide bonds. The molecule has 1 rings (SSSR count). The molecule has 1 unspecified atom stereocenters. The summed E-state index contributed by atoms with van der Waals surface area (Å²) in [6.07, 6.45) is -0.526. The third-order valence-electron chi connectivity index (χ3n) is 2.41. The summed E-state index contributed by atoms with van der Waals surface area (Å²) in [7, 11) is 1.61. The van der Waals surface area contributed by atoms with Gasteiger partial charge in [-0.25, -0.2) is 0 Å². The Bertz CT molecular complexity index is 346. The van der Waals surface area contributed by atoms with Gasteiger partial charge in [-0.1, -0.05) is 11.6 Å². The fourth-order valence-corrected chi connectivity index (χ4v) is 1.82. The molecular formula is C11H15ClO2. The lowest BCUT2D eigenvalue weighted by atomic mass is 10.0. The number of aliphatic hydroxyl groups is 1. The molecule has 1 N–H and O–H groups in total. The third kappa shape index (κ3) is 1.86. The van der Waals surface area contributed by atoms with Gasteiger partial charge in [-0.15, -0.1) is 0 Å². The number of methoxy groups -OCH3 is 1. The number of benzene rings is 1. The molecule has 0 spiro atoms. The van der Waals surface area contributed by atoms with Gasteiger partial charge in [0.05, 0.1) is 13.2 Å². The lowest BCUT2D eigenvalue weighted by Gasteiger charge is -2.16. The molecule has 0 fully saturated rings. The molecule has 0 aromatic heterocycles. The van der Waals surface area contributed by atoms with Crippen molar-refractivity contribution in [3.05, 3.63) is 27.8 Å². The Balaban J connectivity index is 3.42. The van der Waals surface area contributed by atoms with Gasteiger partial charge in [0, 0.05) is 10.6 Å². The number of rotatable bonds is 2. The molecule has 0 aliphatic carbocycles. The minimum absolute atomic E-state index is 0.526. The topological polar surface area (TPSA) is 29.5 Å². The molecule has 78 valence electrons. The molecule has 0 bridgehead atoms. The first-order valence-electron chi connectivity index (χ1n) is 4.50. The van der Waals surface area contributed by atoms with Gasteiger partial charge in [-0.3, -0.25) is 0 Å². The van der Waals surface area contributed by atoms with E-state index >= 15 is 0 Å². The molecule has 2 nitrogen and oxygen atoms in total. The highest BCUT2D eigenvalue weighted by molar-refractivity contribution is 6.31. The molecule has 0 saturated heterocycles. The highest BCUT2D eigenvalue weighted by Gasteiger charge is 2.14. The molecular weight excluding hydrogens is 200 g/mol. The molecule has 3 heteroatoms. The van der Waals surface area contributed by atoms with E-state index in [1.807, 2.05) is 13.8 Å². The normalized spacial score (nSPS) is 12.7. The first-order chi connectivity index (χ1) is 6.49. The Morgan fingerprint density at radius 3 is 2.36 bits per heavy atom. The second kappa shape index (κ2) is 4.20. The summed E-state index contributed by atoms with van der Waals surface area (Å²) in [6, 6.07) is 1.79. The zero-order valence-corrected chi connectivity index (χ0v) is 9.64. The predicted octanol–water partition coefficient (Wildman–Crippen LogP) is 3.02. The van der Waals surface area contributed by atoms with E-state index in [1.165, 1.54) is 0 Å². The van der Waals surface area contributed by atoms with Crippen LogP contribution in [0.1, 0.15) is 29.7 Å². The van der Waals surface area contributed by atoms with Crippen LogP contribution in [-0.2, 0) is 0 Å². The Labute approximate surface area is 89.5 Å². The number of halogens is 1. The number of hydrogen-bond acceptors (Lipinski definition) is 2. The zero-order chi connectivity index (χ0) is 10.9. The fraction of sp³-hybridized carbons (Fsp3) is 0.455. The average Bonchev–Trinajstić information content (AvgIpc) is 2.12. The first-order valence-corrected chi connectivity index (χ1v) is 4.88. The van der Waals surface area contributed by atoms with Crippen molar-refractivity contribution >= 4 is 11.6 Å². The van der Waals surface area contributed by atoms with Crippen LogP contribution in [0.4, 0.5) is 0 Å². The lowest BCUT2D eigenvalue weighted by Crippen LogP contribution is -2.00. The van der Waals surface area contributed by atoms with Crippen molar-refractivity contribution in [3.8, 4) is 5.75 Å². The molecule has 0 saturated carbocycles. The quantitative estimate of drug-likeness (QED) is 0.820. The molecule has 0 heterocycles. The average molecular weight is 215 g/mol. The SMILES string of the molecule is COc1c(C)c(Cl)cc(C(C)O)c1C. The zero-order valence-electron chi connectivity index (χ0n) is 8.89. The van der Waals surface area contributed by atoms with Gasteiger partial charge in [-0.05, 0) is 38.0 Å². The summed E-state index contributed by atoms with van der Waals surface area (Å²) in [5, 5.41) is 10.2. The van der Waals surface area contributed by atoms with E-state index < -0.39 is 6.10 Å². The minimum Gasteiger partial charge on any atom is -0.496 e. The van der Waals surface area contributed by atoms with Crippen LogP contribution >= 0.6 is 11.6 Å². The number of ether oxygens (including phenoxy) is 1. The Hall–Kier alpha value is -0.730. The summed E-state index contributed by atoms with van der Waals surface area (Å²) < 4.78 is 5.25. The fourth-order valence-electron chi connectivity index (χ4n) is 1.61. The summed E-state index contributed by atoms with van der Waals surface area (Å²) in [5.41, 5.74) is 2.68. The van der Waals surface area contributed by atoms with Crippen LogP contribution in [0.25, 0.3) is 0 Å². The highest BCUT2D eigenvalue weighted by atomic mass is 35.5. The minimum atomic E-state index is -0.526. The van der Waals surface area contributed by atoms with Crippen LogP contribution < -0.4 is 4.74 Å². The predicted molar refractivity (Wildman–Crippen MR) is 58.1 cm³/mol. The van der Waals surface area contributed by atoms with E-state index in [9.17, 15) is 5.11 Å². The van der Waals surface area contributed by atoms with Crippen LogP contribution in [0.5, 0.6) is 5.75 Å². The second-order valence-corrected chi connectivity index (χ2v) is 3.81. The van der Waals surface area contributed by atoms with Crippen molar-refractivity contribution in [3.63, 3.8) is 0 Å². The summed E-state index contributed by atoms with van der Waals surface area (Å²) in [5.74, 6) is 0.758. The van der Waals surface area contributed by atoms with E-state index in [1.54, 1.807) is 20.1 Å². The van der Waals surface area contributed by atoms with E-state index in [0.29, 0.717) is 5.02 Å². The smallest absolute Gasteiger partial charge is 0.126 e. The van der Waals surface area contributed by atoms with Crippen LogP contribution in [0, 0.1) is 13.8 Å². The van der Waals surface area contributed by atoms with Crippen LogP contribution in [0.2, 0.25) is 5.02 Å².